The number of rotatable bonds is 4. The molecular weight excluding hydrogens is 389 g/mol. The third-order valence-corrected chi connectivity index (χ3v) is 4.79. The number of halogens is 3. The molecule has 0 saturated carbocycles. The van der Waals surface area contributed by atoms with Gasteiger partial charge in [-0.2, -0.15) is 5.10 Å². The van der Waals surface area contributed by atoms with Crippen molar-refractivity contribution in [3.63, 3.8) is 0 Å². The number of aromatic hydroxyl groups is 1. The van der Waals surface area contributed by atoms with Crippen molar-refractivity contribution in [2.45, 2.75) is 0 Å². The number of hydrogen-bond donors (Lipinski definition) is 2. The lowest BCUT2D eigenvalue weighted by molar-refractivity contribution is 0.474. The van der Waals surface area contributed by atoms with Crippen LogP contribution in [0.3, 0.4) is 0 Å². The molecule has 8 heteroatoms. The summed E-state index contributed by atoms with van der Waals surface area (Å²) in [5, 5.41) is 17.8. The van der Waals surface area contributed by atoms with Crippen LogP contribution in [0.1, 0.15) is 5.56 Å². The Kier molecular flexibility index (Phi) is 5.26. The van der Waals surface area contributed by atoms with Gasteiger partial charge in [0.25, 0.3) is 0 Å². The largest absolute Gasteiger partial charge is 0.507 e. The molecule has 0 atom stereocenters. The molecule has 2 aromatic carbocycles. The maximum atomic E-state index is 9.72. The van der Waals surface area contributed by atoms with Crippen molar-refractivity contribution in [2.75, 3.05) is 5.43 Å². The molecule has 0 amide bonds. The molecule has 1 heterocycles. The lowest BCUT2D eigenvalue weighted by Gasteiger charge is -2.00. The van der Waals surface area contributed by atoms with E-state index in [1.54, 1.807) is 24.3 Å². The van der Waals surface area contributed by atoms with E-state index < -0.39 is 0 Å². The minimum Gasteiger partial charge on any atom is -0.507 e. The van der Waals surface area contributed by atoms with Gasteiger partial charge in [0.2, 0.25) is 5.13 Å². The Morgan fingerprint density at radius 1 is 1.08 bits per heavy atom. The topological polar surface area (TPSA) is 57.5 Å². The third-order valence-electron chi connectivity index (χ3n) is 3.07. The van der Waals surface area contributed by atoms with Crippen molar-refractivity contribution in [3.05, 3.63) is 62.4 Å². The van der Waals surface area contributed by atoms with Gasteiger partial charge in [0, 0.05) is 21.5 Å². The number of phenolic OH excluding ortho intramolecular Hbond substituents is 1. The summed E-state index contributed by atoms with van der Waals surface area (Å²) in [6.45, 7) is 0. The van der Waals surface area contributed by atoms with Gasteiger partial charge in [0.05, 0.1) is 22.0 Å². The second-order valence-electron chi connectivity index (χ2n) is 4.74. The summed E-state index contributed by atoms with van der Waals surface area (Å²) in [7, 11) is 0. The van der Waals surface area contributed by atoms with Gasteiger partial charge >= 0.3 is 0 Å². The zero-order valence-corrected chi connectivity index (χ0v) is 15.1. The number of benzene rings is 2. The number of nitrogens with one attached hydrogen (secondary N) is 1. The molecule has 0 spiro atoms. The van der Waals surface area contributed by atoms with Crippen LogP contribution in [0.5, 0.6) is 5.75 Å². The normalized spacial score (nSPS) is 11.1. The molecule has 24 heavy (non-hydrogen) atoms. The maximum absolute atomic E-state index is 9.72. The van der Waals surface area contributed by atoms with Crippen molar-refractivity contribution < 1.29 is 5.11 Å². The second-order valence-corrected chi connectivity index (χ2v) is 6.85. The summed E-state index contributed by atoms with van der Waals surface area (Å²) < 4.78 is 0. The molecule has 0 bridgehead atoms. The monoisotopic (exact) mass is 397 g/mol. The molecule has 0 saturated heterocycles. The molecule has 0 aliphatic carbocycles. The molecule has 1 aromatic heterocycles. The molecule has 0 fully saturated rings. The first kappa shape index (κ1) is 17.0. The van der Waals surface area contributed by atoms with Gasteiger partial charge in [-0.3, -0.25) is 5.43 Å². The van der Waals surface area contributed by atoms with Gasteiger partial charge in [-0.05, 0) is 30.3 Å². The van der Waals surface area contributed by atoms with Crippen molar-refractivity contribution in [1.29, 1.82) is 0 Å². The molecule has 0 aliphatic heterocycles. The van der Waals surface area contributed by atoms with Crippen LogP contribution in [0.4, 0.5) is 5.13 Å². The SMILES string of the molecule is Oc1ccc(Cl)cc1/C=N/Nc1nc(-c2ccc(Cl)c(Cl)c2)cs1. The van der Waals surface area contributed by atoms with Crippen molar-refractivity contribution in [3.8, 4) is 17.0 Å². The minimum absolute atomic E-state index is 0.0978. The van der Waals surface area contributed by atoms with E-state index in [4.69, 9.17) is 34.8 Å². The summed E-state index contributed by atoms with van der Waals surface area (Å²) in [5.41, 5.74) is 4.96. The molecule has 2 N–H and O–H groups in total. The van der Waals surface area contributed by atoms with E-state index in [1.807, 2.05) is 11.4 Å². The average molecular weight is 399 g/mol. The van der Waals surface area contributed by atoms with E-state index >= 15 is 0 Å². The van der Waals surface area contributed by atoms with Crippen LogP contribution >= 0.6 is 46.1 Å². The molecule has 0 radical (unpaired) electrons. The summed E-state index contributed by atoms with van der Waals surface area (Å²) in [5.74, 6) is 0.0978. The lowest BCUT2D eigenvalue weighted by atomic mass is 10.2. The Morgan fingerprint density at radius 3 is 2.71 bits per heavy atom. The fourth-order valence-electron chi connectivity index (χ4n) is 1.90. The summed E-state index contributed by atoms with van der Waals surface area (Å²) in [4.78, 5) is 4.43. The Morgan fingerprint density at radius 2 is 1.92 bits per heavy atom. The maximum Gasteiger partial charge on any atom is 0.203 e. The average Bonchev–Trinajstić information content (AvgIpc) is 3.02. The Balaban J connectivity index is 1.73. The van der Waals surface area contributed by atoms with Gasteiger partial charge < -0.3 is 5.11 Å². The Bertz CT molecular complexity index is 911. The highest BCUT2D eigenvalue weighted by molar-refractivity contribution is 7.14. The Labute approximate surface area is 157 Å². The zero-order chi connectivity index (χ0) is 17.1. The van der Waals surface area contributed by atoms with Crippen LogP contribution in [-0.4, -0.2) is 16.3 Å². The number of hydrogen-bond acceptors (Lipinski definition) is 5. The smallest absolute Gasteiger partial charge is 0.203 e. The molecule has 4 nitrogen and oxygen atoms in total. The van der Waals surface area contributed by atoms with Gasteiger partial charge in [-0.25, -0.2) is 4.98 Å². The van der Waals surface area contributed by atoms with Crippen molar-refractivity contribution in [1.82, 2.24) is 4.98 Å². The van der Waals surface area contributed by atoms with Crippen molar-refractivity contribution in [2.24, 2.45) is 5.10 Å². The van der Waals surface area contributed by atoms with Crippen LogP contribution in [-0.2, 0) is 0 Å². The Hall–Kier alpha value is -1.79. The fraction of sp³-hybridized carbons (Fsp3) is 0. The van der Waals surface area contributed by atoms with Crippen LogP contribution in [0.2, 0.25) is 15.1 Å². The summed E-state index contributed by atoms with van der Waals surface area (Å²) in [6, 6.07) is 10.1. The quantitative estimate of drug-likeness (QED) is 0.423. The summed E-state index contributed by atoms with van der Waals surface area (Å²) in [6.07, 6.45) is 1.47. The van der Waals surface area contributed by atoms with E-state index in [-0.39, 0.29) is 5.75 Å². The standard InChI is InChI=1S/C16H10Cl3N3OS/c17-11-2-4-15(23)10(5-11)7-20-22-16-21-14(8-24-16)9-1-3-12(18)13(19)6-9/h1-8,23H,(H,21,22)/b20-7+. The molecule has 3 rings (SSSR count). The van der Waals surface area contributed by atoms with Crippen LogP contribution in [0.15, 0.2) is 46.9 Å². The number of nitrogens with zero attached hydrogens (tertiary/aromatic N) is 2. The molecule has 0 unspecified atom stereocenters. The van der Waals surface area contributed by atoms with Gasteiger partial charge in [-0.15, -0.1) is 11.3 Å². The fourth-order valence-corrected chi connectivity index (χ4v) is 3.05. The van der Waals surface area contributed by atoms with E-state index in [9.17, 15) is 5.11 Å². The molecular formula is C16H10Cl3N3OS. The third kappa shape index (κ3) is 3.99. The second kappa shape index (κ2) is 7.40. The number of thiazole rings is 1. The lowest BCUT2D eigenvalue weighted by Crippen LogP contribution is -1.90. The van der Waals surface area contributed by atoms with E-state index in [0.717, 1.165) is 11.3 Å². The van der Waals surface area contributed by atoms with Gasteiger partial charge in [0.1, 0.15) is 5.75 Å². The predicted octanol–water partition coefficient (Wildman–Crippen LogP) is 5.92. The van der Waals surface area contributed by atoms with Gasteiger partial charge in [0.15, 0.2) is 0 Å². The minimum atomic E-state index is 0.0978. The van der Waals surface area contributed by atoms with Crippen LogP contribution in [0.25, 0.3) is 11.3 Å². The van der Waals surface area contributed by atoms with Crippen molar-refractivity contribution >= 4 is 57.5 Å². The highest BCUT2D eigenvalue weighted by atomic mass is 35.5. The number of aromatic nitrogens is 1. The zero-order valence-electron chi connectivity index (χ0n) is 12.0. The first-order chi connectivity index (χ1) is 11.5. The van der Waals surface area contributed by atoms with Gasteiger partial charge in [-0.1, -0.05) is 40.9 Å². The number of phenols is 1. The van der Waals surface area contributed by atoms with E-state index in [1.165, 1.54) is 23.6 Å². The number of hydrazone groups is 1. The van der Waals surface area contributed by atoms with E-state index in [0.29, 0.717) is 25.8 Å². The molecule has 3 aromatic rings. The highest BCUT2D eigenvalue weighted by Crippen LogP contribution is 2.30. The van der Waals surface area contributed by atoms with Crippen LogP contribution < -0.4 is 5.43 Å². The number of anilines is 1. The molecule has 122 valence electrons. The highest BCUT2D eigenvalue weighted by Gasteiger charge is 2.06. The van der Waals surface area contributed by atoms with E-state index in [2.05, 4.69) is 15.5 Å². The summed E-state index contributed by atoms with van der Waals surface area (Å²) >= 11 is 19.2. The predicted molar refractivity (Wildman–Crippen MR) is 102 cm³/mol. The first-order valence-corrected chi connectivity index (χ1v) is 8.73. The molecule has 0 aliphatic rings. The first-order valence-electron chi connectivity index (χ1n) is 6.71. The van der Waals surface area contributed by atoms with Crippen LogP contribution in [0, 0.1) is 0 Å².